The van der Waals surface area contributed by atoms with E-state index in [2.05, 4.69) is 37.7 Å². The summed E-state index contributed by atoms with van der Waals surface area (Å²) in [4.78, 5) is 19.8. The van der Waals surface area contributed by atoms with Gasteiger partial charge in [-0.3, -0.25) is 10.1 Å². The topological polar surface area (TPSA) is 92.7 Å². The van der Waals surface area contributed by atoms with Crippen LogP contribution in [0.5, 0.6) is 0 Å². The van der Waals surface area contributed by atoms with Crippen LogP contribution in [0.15, 0.2) is 30.7 Å². The zero-order valence-electron chi connectivity index (χ0n) is 10.5. The first-order valence-corrected chi connectivity index (χ1v) is 5.94. The molecule has 2 rings (SSSR count). The van der Waals surface area contributed by atoms with E-state index < -0.39 is 0 Å². The van der Waals surface area contributed by atoms with Crippen LogP contribution in [0.1, 0.15) is 23.8 Å². The lowest BCUT2D eigenvalue weighted by Gasteiger charge is -2.05. The Labute approximate surface area is 110 Å². The molecular weight excluding hydrogens is 244 g/mol. The van der Waals surface area contributed by atoms with Gasteiger partial charge in [-0.15, -0.1) is 5.10 Å². The molecule has 7 nitrogen and oxygen atoms in total. The molecule has 2 aromatic rings. The molecule has 19 heavy (non-hydrogen) atoms. The van der Waals surface area contributed by atoms with Gasteiger partial charge in [0.15, 0.2) is 0 Å². The summed E-state index contributed by atoms with van der Waals surface area (Å²) >= 11 is 0. The molecule has 0 aliphatic rings. The highest BCUT2D eigenvalue weighted by atomic mass is 16.2. The van der Waals surface area contributed by atoms with E-state index in [1.165, 1.54) is 12.4 Å². The first-order chi connectivity index (χ1) is 9.29. The average Bonchev–Trinajstić information content (AvgIpc) is 2.46. The van der Waals surface area contributed by atoms with Crippen LogP contribution in [0.3, 0.4) is 0 Å². The minimum atomic E-state index is -0.366. The molecule has 0 saturated heterocycles. The van der Waals surface area contributed by atoms with Crippen LogP contribution >= 0.6 is 0 Å². The molecule has 98 valence electrons. The molecule has 2 aromatic heterocycles. The van der Waals surface area contributed by atoms with Crippen LogP contribution in [0.25, 0.3) is 0 Å². The molecule has 0 radical (unpaired) electrons. The van der Waals surface area contributed by atoms with Crippen molar-refractivity contribution in [3.8, 4) is 0 Å². The summed E-state index contributed by atoms with van der Waals surface area (Å²) in [5.41, 5.74) is 1.19. The molecule has 1 amide bonds. The van der Waals surface area contributed by atoms with E-state index in [1.54, 1.807) is 12.3 Å². The third kappa shape index (κ3) is 3.70. The number of nitrogens with one attached hydrogen (secondary N) is 2. The quantitative estimate of drug-likeness (QED) is 0.840. The van der Waals surface area contributed by atoms with E-state index in [0.29, 0.717) is 5.69 Å². The van der Waals surface area contributed by atoms with Crippen molar-refractivity contribution in [2.24, 2.45) is 0 Å². The van der Waals surface area contributed by atoms with Crippen LogP contribution in [0, 0.1) is 0 Å². The lowest BCUT2D eigenvalue weighted by Crippen LogP contribution is -2.16. The SMILES string of the molecule is CCCNc1ccc(C(=O)Nc2nccnn2)nc1. The Hall–Kier alpha value is -2.57. The van der Waals surface area contributed by atoms with Crippen molar-refractivity contribution < 1.29 is 4.79 Å². The van der Waals surface area contributed by atoms with Crippen molar-refractivity contribution >= 4 is 17.5 Å². The third-order valence-corrected chi connectivity index (χ3v) is 2.28. The lowest BCUT2D eigenvalue weighted by molar-refractivity contribution is 0.102. The second kappa shape index (κ2) is 6.39. The van der Waals surface area contributed by atoms with E-state index in [1.807, 2.05) is 6.07 Å². The van der Waals surface area contributed by atoms with E-state index >= 15 is 0 Å². The van der Waals surface area contributed by atoms with Gasteiger partial charge in [0, 0.05) is 6.54 Å². The molecule has 0 atom stereocenters. The standard InChI is InChI=1S/C12H14N6O/c1-2-5-13-9-3-4-10(15-8-9)11(19)17-12-14-6-7-16-18-12/h3-4,6-8,13H,2,5H2,1H3,(H,14,17,18,19). The number of anilines is 2. The molecule has 7 heteroatoms. The number of carbonyl (C=O) groups excluding carboxylic acids is 1. The van der Waals surface area contributed by atoms with Crippen molar-refractivity contribution in [2.45, 2.75) is 13.3 Å². The summed E-state index contributed by atoms with van der Waals surface area (Å²) in [7, 11) is 0. The highest BCUT2D eigenvalue weighted by Gasteiger charge is 2.08. The second-order valence-electron chi connectivity index (χ2n) is 3.78. The summed E-state index contributed by atoms with van der Waals surface area (Å²) in [6.07, 6.45) is 5.53. The monoisotopic (exact) mass is 258 g/mol. The van der Waals surface area contributed by atoms with Crippen molar-refractivity contribution in [3.05, 3.63) is 36.4 Å². The predicted molar refractivity (Wildman–Crippen MR) is 70.8 cm³/mol. The third-order valence-electron chi connectivity index (χ3n) is 2.28. The van der Waals surface area contributed by atoms with Crippen molar-refractivity contribution in [1.82, 2.24) is 20.2 Å². The fourth-order valence-electron chi connectivity index (χ4n) is 1.37. The van der Waals surface area contributed by atoms with Gasteiger partial charge in [-0.05, 0) is 18.6 Å². The molecule has 0 aliphatic heterocycles. The molecule has 2 heterocycles. The molecular formula is C12H14N6O. The van der Waals surface area contributed by atoms with Gasteiger partial charge in [-0.1, -0.05) is 6.92 Å². The smallest absolute Gasteiger partial charge is 0.276 e. The zero-order valence-corrected chi connectivity index (χ0v) is 10.5. The minimum absolute atomic E-state index is 0.155. The fourth-order valence-corrected chi connectivity index (χ4v) is 1.37. The van der Waals surface area contributed by atoms with Gasteiger partial charge >= 0.3 is 0 Å². The number of aromatic nitrogens is 4. The number of hydrogen-bond acceptors (Lipinski definition) is 6. The van der Waals surface area contributed by atoms with Crippen molar-refractivity contribution in [1.29, 1.82) is 0 Å². The summed E-state index contributed by atoms with van der Waals surface area (Å²) in [5, 5.41) is 13.0. The summed E-state index contributed by atoms with van der Waals surface area (Å²) < 4.78 is 0. The van der Waals surface area contributed by atoms with Gasteiger partial charge < -0.3 is 5.32 Å². The molecule has 2 N–H and O–H groups in total. The molecule has 0 aliphatic carbocycles. The van der Waals surface area contributed by atoms with Gasteiger partial charge in [0.1, 0.15) is 5.69 Å². The number of amides is 1. The Morgan fingerprint density at radius 1 is 1.26 bits per heavy atom. The zero-order chi connectivity index (χ0) is 13.5. The van der Waals surface area contributed by atoms with Gasteiger partial charge in [0.05, 0.1) is 24.3 Å². The molecule has 0 aromatic carbocycles. The predicted octanol–water partition coefficient (Wildman–Crippen LogP) is 1.34. The van der Waals surface area contributed by atoms with Crippen LogP contribution in [0.4, 0.5) is 11.6 Å². The largest absolute Gasteiger partial charge is 0.384 e. The fraction of sp³-hybridized carbons (Fsp3) is 0.250. The summed E-state index contributed by atoms with van der Waals surface area (Å²) in [6, 6.07) is 3.45. The van der Waals surface area contributed by atoms with E-state index in [0.717, 1.165) is 18.7 Å². The summed E-state index contributed by atoms with van der Waals surface area (Å²) in [5.74, 6) is -0.211. The molecule has 0 spiro atoms. The van der Waals surface area contributed by atoms with Gasteiger partial charge in [-0.25, -0.2) is 9.97 Å². The van der Waals surface area contributed by atoms with Crippen LogP contribution in [-0.2, 0) is 0 Å². The number of pyridine rings is 1. The lowest BCUT2D eigenvalue weighted by atomic mass is 10.3. The number of carbonyl (C=O) groups is 1. The highest BCUT2D eigenvalue weighted by Crippen LogP contribution is 2.07. The Kier molecular flexibility index (Phi) is 4.33. The number of hydrogen-bond donors (Lipinski definition) is 2. The van der Waals surface area contributed by atoms with E-state index in [-0.39, 0.29) is 11.9 Å². The van der Waals surface area contributed by atoms with Gasteiger partial charge in [0.25, 0.3) is 5.91 Å². The van der Waals surface area contributed by atoms with Crippen molar-refractivity contribution in [2.75, 3.05) is 17.2 Å². The molecule has 0 saturated carbocycles. The van der Waals surface area contributed by atoms with Gasteiger partial charge in [-0.2, -0.15) is 5.10 Å². The van der Waals surface area contributed by atoms with Crippen molar-refractivity contribution in [3.63, 3.8) is 0 Å². The minimum Gasteiger partial charge on any atom is -0.384 e. The summed E-state index contributed by atoms with van der Waals surface area (Å²) in [6.45, 7) is 2.95. The van der Waals surface area contributed by atoms with E-state index in [9.17, 15) is 4.79 Å². The Morgan fingerprint density at radius 3 is 2.79 bits per heavy atom. The Balaban J connectivity index is 1.99. The maximum atomic E-state index is 11.8. The molecule has 0 bridgehead atoms. The van der Waals surface area contributed by atoms with Crippen LogP contribution in [-0.4, -0.2) is 32.6 Å². The maximum absolute atomic E-state index is 11.8. The first kappa shape index (κ1) is 12.9. The first-order valence-electron chi connectivity index (χ1n) is 5.94. The number of nitrogens with zero attached hydrogens (tertiary/aromatic N) is 4. The second-order valence-corrected chi connectivity index (χ2v) is 3.78. The number of rotatable bonds is 5. The molecule has 0 fully saturated rings. The highest BCUT2D eigenvalue weighted by molar-refractivity contribution is 6.01. The van der Waals surface area contributed by atoms with Crippen LogP contribution in [0.2, 0.25) is 0 Å². The Bertz CT molecular complexity index is 528. The normalized spacial score (nSPS) is 9.95. The maximum Gasteiger partial charge on any atom is 0.276 e. The average molecular weight is 258 g/mol. The van der Waals surface area contributed by atoms with Gasteiger partial charge in [0.2, 0.25) is 5.95 Å². The van der Waals surface area contributed by atoms with Crippen LogP contribution < -0.4 is 10.6 Å². The molecule has 0 unspecified atom stereocenters. The van der Waals surface area contributed by atoms with E-state index in [4.69, 9.17) is 0 Å². The Morgan fingerprint density at radius 2 is 2.16 bits per heavy atom.